The number of fused-ring (bicyclic) bond motifs is 5. The van der Waals surface area contributed by atoms with E-state index in [-0.39, 0.29) is 0 Å². The lowest BCUT2D eigenvalue weighted by Crippen LogP contribution is -1.94. The van der Waals surface area contributed by atoms with Crippen LogP contribution in [0.2, 0.25) is 0 Å². The lowest BCUT2D eigenvalue weighted by atomic mass is 9.87. The molecule has 0 heterocycles. The first kappa shape index (κ1) is 14.8. The van der Waals surface area contributed by atoms with Crippen LogP contribution in [0, 0.1) is 0 Å². The molecule has 0 radical (unpaired) electrons. The summed E-state index contributed by atoms with van der Waals surface area (Å²) in [7, 11) is 0. The Morgan fingerprint density at radius 1 is 0.444 bits per heavy atom. The van der Waals surface area contributed by atoms with E-state index in [2.05, 4.69) is 103 Å². The molecule has 0 unspecified atom stereocenters. The van der Waals surface area contributed by atoms with E-state index in [4.69, 9.17) is 0 Å². The van der Waals surface area contributed by atoms with Gasteiger partial charge in [-0.2, -0.15) is 0 Å². The second kappa shape index (κ2) is 5.56. The molecule has 5 aromatic carbocycles. The fourth-order valence-corrected chi connectivity index (χ4v) is 4.58. The zero-order valence-corrected chi connectivity index (χ0v) is 14.9. The quantitative estimate of drug-likeness (QED) is 0.218. The summed E-state index contributed by atoms with van der Waals surface area (Å²) in [4.78, 5) is 0. The number of hydrogen-bond donors (Lipinski definition) is 0. The van der Waals surface area contributed by atoms with Gasteiger partial charge in [-0.3, -0.25) is 0 Å². The molecule has 0 saturated heterocycles. The van der Waals surface area contributed by atoms with Crippen LogP contribution >= 0.6 is 0 Å². The molecule has 1 aliphatic carbocycles. The van der Waals surface area contributed by atoms with E-state index in [0.29, 0.717) is 5.92 Å². The van der Waals surface area contributed by atoms with Gasteiger partial charge in [0, 0.05) is 5.92 Å². The van der Waals surface area contributed by atoms with Crippen LogP contribution in [-0.4, -0.2) is 0 Å². The lowest BCUT2D eigenvalue weighted by Gasteiger charge is -2.17. The van der Waals surface area contributed by atoms with E-state index < -0.39 is 0 Å². The van der Waals surface area contributed by atoms with Crippen LogP contribution in [0.1, 0.15) is 11.5 Å². The van der Waals surface area contributed by atoms with Crippen LogP contribution in [0.3, 0.4) is 0 Å². The first-order valence-electron chi connectivity index (χ1n) is 9.50. The molecule has 0 spiro atoms. The Hall–Kier alpha value is -3.38. The monoisotopic (exact) mass is 342 g/mol. The van der Waals surface area contributed by atoms with Crippen LogP contribution in [-0.2, 0) is 0 Å². The third-order valence-corrected chi connectivity index (χ3v) is 5.85. The summed E-state index contributed by atoms with van der Waals surface area (Å²) in [5, 5.41) is 10.6. The molecule has 0 aromatic heterocycles. The molecule has 0 amide bonds. The minimum absolute atomic E-state index is 0.344. The van der Waals surface area contributed by atoms with Crippen molar-refractivity contribution in [2.45, 2.75) is 5.92 Å². The Morgan fingerprint density at radius 2 is 1.07 bits per heavy atom. The molecular formula is C27H18. The average Bonchev–Trinajstić information content (AvgIpc) is 3.25. The van der Waals surface area contributed by atoms with E-state index in [1.54, 1.807) is 0 Å². The summed E-state index contributed by atoms with van der Waals surface area (Å²) in [6, 6.07) is 29.0. The molecule has 0 saturated carbocycles. The van der Waals surface area contributed by atoms with Gasteiger partial charge in [-0.15, -0.1) is 0 Å². The van der Waals surface area contributed by atoms with Crippen molar-refractivity contribution in [3.05, 3.63) is 109 Å². The summed E-state index contributed by atoms with van der Waals surface area (Å²) in [6.45, 7) is 0. The first-order valence-corrected chi connectivity index (χ1v) is 9.50. The van der Waals surface area contributed by atoms with Gasteiger partial charge in [0.15, 0.2) is 0 Å². The van der Waals surface area contributed by atoms with Gasteiger partial charge >= 0.3 is 0 Å². The van der Waals surface area contributed by atoms with Gasteiger partial charge in [0.2, 0.25) is 0 Å². The largest absolute Gasteiger partial charge is 0.0732 e. The van der Waals surface area contributed by atoms with E-state index in [1.165, 1.54) is 48.7 Å². The minimum Gasteiger partial charge on any atom is -0.0732 e. The highest BCUT2D eigenvalue weighted by Gasteiger charge is 2.16. The van der Waals surface area contributed by atoms with Crippen molar-refractivity contribution in [2.24, 2.45) is 0 Å². The van der Waals surface area contributed by atoms with E-state index in [0.717, 1.165) is 0 Å². The van der Waals surface area contributed by atoms with Gasteiger partial charge in [0.1, 0.15) is 0 Å². The highest BCUT2D eigenvalue weighted by atomic mass is 14.2. The number of allylic oxidation sites excluding steroid dienone is 4. The van der Waals surface area contributed by atoms with E-state index in [9.17, 15) is 0 Å². The van der Waals surface area contributed by atoms with Crippen LogP contribution in [0.4, 0.5) is 0 Å². The molecule has 27 heavy (non-hydrogen) atoms. The topological polar surface area (TPSA) is 0 Å². The Balaban J connectivity index is 1.82. The highest BCUT2D eigenvalue weighted by molar-refractivity contribution is 6.17. The Labute approximate surface area is 158 Å². The van der Waals surface area contributed by atoms with Crippen molar-refractivity contribution in [2.75, 3.05) is 0 Å². The van der Waals surface area contributed by atoms with Gasteiger partial charge in [-0.25, -0.2) is 0 Å². The van der Waals surface area contributed by atoms with Crippen molar-refractivity contribution < 1.29 is 0 Å². The fraction of sp³-hybridized carbons (Fsp3) is 0.0370. The molecule has 126 valence electrons. The SMILES string of the molecule is C1=CC(c2c3ccccc3cc3c2ccc2cc4ccccc4cc23)C=C1. The molecular weight excluding hydrogens is 324 g/mol. The summed E-state index contributed by atoms with van der Waals surface area (Å²) in [6.07, 6.45) is 8.91. The van der Waals surface area contributed by atoms with Crippen molar-refractivity contribution in [1.29, 1.82) is 0 Å². The smallest absolute Gasteiger partial charge is 0.0217 e. The van der Waals surface area contributed by atoms with Gasteiger partial charge < -0.3 is 0 Å². The zero-order chi connectivity index (χ0) is 17.8. The molecule has 0 fully saturated rings. The van der Waals surface area contributed by atoms with Crippen molar-refractivity contribution >= 4 is 43.1 Å². The molecule has 5 aromatic rings. The van der Waals surface area contributed by atoms with Crippen LogP contribution in [0.25, 0.3) is 43.1 Å². The number of rotatable bonds is 1. The molecule has 0 nitrogen and oxygen atoms in total. The summed E-state index contributed by atoms with van der Waals surface area (Å²) in [5.74, 6) is 0.344. The average molecular weight is 342 g/mol. The molecule has 1 aliphatic rings. The molecule has 6 rings (SSSR count). The summed E-state index contributed by atoms with van der Waals surface area (Å²) >= 11 is 0. The van der Waals surface area contributed by atoms with E-state index in [1.807, 2.05) is 0 Å². The maximum absolute atomic E-state index is 2.37. The first-order chi connectivity index (χ1) is 13.4. The number of hydrogen-bond acceptors (Lipinski definition) is 0. The molecule has 0 bridgehead atoms. The third-order valence-electron chi connectivity index (χ3n) is 5.85. The predicted octanol–water partition coefficient (Wildman–Crippen LogP) is 7.51. The van der Waals surface area contributed by atoms with Gasteiger partial charge in [0.05, 0.1) is 0 Å². The minimum atomic E-state index is 0.344. The maximum Gasteiger partial charge on any atom is 0.0217 e. The molecule has 0 atom stereocenters. The van der Waals surface area contributed by atoms with Gasteiger partial charge in [0.25, 0.3) is 0 Å². The van der Waals surface area contributed by atoms with Crippen LogP contribution in [0.5, 0.6) is 0 Å². The molecule has 0 N–H and O–H groups in total. The Kier molecular flexibility index (Phi) is 3.04. The highest BCUT2D eigenvalue weighted by Crippen LogP contribution is 2.39. The maximum atomic E-state index is 2.37. The van der Waals surface area contributed by atoms with E-state index >= 15 is 0 Å². The van der Waals surface area contributed by atoms with Crippen molar-refractivity contribution in [3.63, 3.8) is 0 Å². The second-order valence-corrected chi connectivity index (χ2v) is 7.39. The lowest BCUT2D eigenvalue weighted by molar-refractivity contribution is 1.14. The van der Waals surface area contributed by atoms with Crippen molar-refractivity contribution in [3.8, 4) is 0 Å². The summed E-state index contributed by atoms with van der Waals surface area (Å²) in [5.41, 5.74) is 1.42. The standard InChI is InChI=1S/C27H18/c1-2-8-18(7-1)27-23-12-6-5-11-21(23)17-26-24(27)14-13-22-15-19-9-3-4-10-20(19)16-25(22)26/h1-18H. The van der Waals surface area contributed by atoms with Crippen LogP contribution < -0.4 is 0 Å². The van der Waals surface area contributed by atoms with Crippen molar-refractivity contribution in [1.82, 2.24) is 0 Å². The molecule has 0 aliphatic heterocycles. The molecule has 0 heteroatoms. The third kappa shape index (κ3) is 2.17. The summed E-state index contributed by atoms with van der Waals surface area (Å²) < 4.78 is 0. The zero-order valence-electron chi connectivity index (χ0n) is 14.9. The Bertz CT molecular complexity index is 1400. The van der Waals surface area contributed by atoms with Crippen LogP contribution in [0.15, 0.2) is 103 Å². The van der Waals surface area contributed by atoms with Gasteiger partial charge in [-0.1, -0.05) is 85.0 Å². The predicted molar refractivity (Wildman–Crippen MR) is 117 cm³/mol. The van der Waals surface area contributed by atoms with Gasteiger partial charge in [-0.05, 0) is 66.9 Å². The second-order valence-electron chi connectivity index (χ2n) is 7.39. The fourth-order valence-electron chi connectivity index (χ4n) is 4.58. The number of benzene rings is 5. The Morgan fingerprint density at radius 3 is 1.89 bits per heavy atom. The normalized spacial score (nSPS) is 14.2.